The molecule has 2 aromatic heterocycles. The third-order valence-electron chi connectivity index (χ3n) is 1.99. The van der Waals surface area contributed by atoms with E-state index < -0.39 is 0 Å². The number of H-pyrrole nitrogens is 1. The second kappa shape index (κ2) is 3.82. The minimum atomic E-state index is -0.273. The van der Waals surface area contributed by atoms with E-state index in [-0.39, 0.29) is 10.7 Å². The third kappa shape index (κ3) is 2.05. The summed E-state index contributed by atoms with van der Waals surface area (Å²) in [6.45, 7) is 1.88. The van der Waals surface area contributed by atoms with Gasteiger partial charge in [0.15, 0.2) is 0 Å². The topological polar surface area (TPSA) is 58.6 Å². The number of rotatable bonds is 1. The van der Waals surface area contributed by atoms with Gasteiger partial charge in [-0.2, -0.15) is 5.10 Å². The van der Waals surface area contributed by atoms with Crippen LogP contribution < -0.4 is 5.56 Å². The molecule has 2 rings (SSSR count). The van der Waals surface area contributed by atoms with Crippen molar-refractivity contribution in [3.8, 4) is 11.1 Å². The number of halogens is 1. The highest BCUT2D eigenvalue weighted by Gasteiger charge is 2.04. The molecule has 0 aliphatic carbocycles. The van der Waals surface area contributed by atoms with E-state index in [1.54, 1.807) is 6.20 Å². The number of aromatic amines is 1. The molecule has 0 fully saturated rings. The molecule has 0 saturated carbocycles. The summed E-state index contributed by atoms with van der Waals surface area (Å²) >= 11 is 5.70. The van der Waals surface area contributed by atoms with Gasteiger partial charge < -0.3 is 0 Å². The van der Waals surface area contributed by atoms with Crippen LogP contribution in [0.4, 0.5) is 0 Å². The van der Waals surface area contributed by atoms with Crippen LogP contribution >= 0.6 is 11.6 Å². The van der Waals surface area contributed by atoms with Crippen molar-refractivity contribution in [1.29, 1.82) is 0 Å². The highest BCUT2D eigenvalue weighted by Crippen LogP contribution is 2.15. The first kappa shape index (κ1) is 9.86. The Balaban J connectivity index is 2.58. The van der Waals surface area contributed by atoms with E-state index in [1.165, 1.54) is 6.07 Å². The molecule has 0 bridgehead atoms. The van der Waals surface area contributed by atoms with E-state index in [0.29, 0.717) is 5.56 Å². The maximum atomic E-state index is 11.5. The van der Waals surface area contributed by atoms with Gasteiger partial charge in [-0.1, -0.05) is 17.7 Å². The Labute approximate surface area is 90.9 Å². The second-order valence-corrected chi connectivity index (χ2v) is 3.51. The molecule has 0 unspecified atom stereocenters. The zero-order valence-electron chi connectivity index (χ0n) is 7.99. The van der Waals surface area contributed by atoms with Crippen molar-refractivity contribution in [2.75, 3.05) is 0 Å². The first-order chi connectivity index (χ1) is 7.16. The van der Waals surface area contributed by atoms with E-state index in [4.69, 9.17) is 11.6 Å². The van der Waals surface area contributed by atoms with Gasteiger partial charge in [0.1, 0.15) is 5.15 Å². The highest BCUT2D eigenvalue weighted by atomic mass is 35.5. The second-order valence-electron chi connectivity index (χ2n) is 3.12. The van der Waals surface area contributed by atoms with Gasteiger partial charge in [-0.05, 0) is 19.1 Å². The number of pyridine rings is 1. The zero-order valence-corrected chi connectivity index (χ0v) is 8.75. The molecule has 2 aromatic rings. The molecule has 0 aliphatic heterocycles. The average molecular weight is 222 g/mol. The minimum Gasteiger partial charge on any atom is -0.267 e. The molecule has 0 aliphatic rings. The normalized spacial score (nSPS) is 10.3. The molecule has 0 saturated heterocycles. The van der Waals surface area contributed by atoms with Gasteiger partial charge in [-0.25, -0.2) is 5.10 Å². The molecule has 0 aromatic carbocycles. The fourth-order valence-electron chi connectivity index (χ4n) is 1.22. The molecule has 0 radical (unpaired) electrons. The van der Waals surface area contributed by atoms with Crippen LogP contribution in [-0.2, 0) is 0 Å². The lowest BCUT2D eigenvalue weighted by Crippen LogP contribution is -2.10. The average Bonchev–Trinajstić information content (AvgIpc) is 2.23. The van der Waals surface area contributed by atoms with Gasteiger partial charge in [0.2, 0.25) is 0 Å². The van der Waals surface area contributed by atoms with Crippen LogP contribution in [0.5, 0.6) is 0 Å². The summed E-state index contributed by atoms with van der Waals surface area (Å²) in [6, 6.07) is 5.18. The van der Waals surface area contributed by atoms with Crippen molar-refractivity contribution in [1.82, 2.24) is 15.2 Å². The van der Waals surface area contributed by atoms with E-state index in [1.807, 2.05) is 19.1 Å². The van der Waals surface area contributed by atoms with E-state index in [9.17, 15) is 4.79 Å². The highest BCUT2D eigenvalue weighted by molar-refractivity contribution is 6.29. The van der Waals surface area contributed by atoms with Gasteiger partial charge in [0, 0.05) is 17.5 Å². The van der Waals surface area contributed by atoms with Crippen LogP contribution in [0.1, 0.15) is 5.69 Å². The number of aryl methyl sites for hydroxylation is 1. The number of nitrogens with zero attached hydrogens (tertiary/aromatic N) is 2. The summed E-state index contributed by atoms with van der Waals surface area (Å²) in [5.41, 5.74) is 1.83. The lowest BCUT2D eigenvalue weighted by Gasteiger charge is -2.00. The van der Waals surface area contributed by atoms with Gasteiger partial charge in [0.05, 0.1) is 5.56 Å². The monoisotopic (exact) mass is 221 g/mol. The number of hydrogen-bond donors (Lipinski definition) is 1. The van der Waals surface area contributed by atoms with Crippen LogP contribution in [0.2, 0.25) is 5.15 Å². The van der Waals surface area contributed by atoms with Crippen molar-refractivity contribution in [2.45, 2.75) is 6.92 Å². The summed E-state index contributed by atoms with van der Waals surface area (Å²) in [5.74, 6) is 0. The quantitative estimate of drug-likeness (QED) is 0.799. The largest absolute Gasteiger partial charge is 0.272 e. The summed E-state index contributed by atoms with van der Waals surface area (Å²) in [4.78, 5) is 15.6. The molecule has 76 valence electrons. The molecule has 0 spiro atoms. The first-order valence-corrected chi connectivity index (χ1v) is 4.73. The smallest absolute Gasteiger partial charge is 0.267 e. The van der Waals surface area contributed by atoms with Gasteiger partial charge in [-0.3, -0.25) is 9.78 Å². The van der Waals surface area contributed by atoms with E-state index in [2.05, 4.69) is 15.2 Å². The summed E-state index contributed by atoms with van der Waals surface area (Å²) in [6.07, 6.45) is 1.64. The SMILES string of the molecule is Cc1ccc(-c2cc(Cl)n[nH]c2=O)cn1. The maximum Gasteiger partial charge on any atom is 0.272 e. The zero-order chi connectivity index (χ0) is 10.8. The van der Waals surface area contributed by atoms with Gasteiger partial charge in [-0.15, -0.1) is 0 Å². The van der Waals surface area contributed by atoms with Crippen LogP contribution in [0.3, 0.4) is 0 Å². The number of aromatic nitrogens is 3. The molecule has 2 heterocycles. The molecule has 4 nitrogen and oxygen atoms in total. The van der Waals surface area contributed by atoms with Gasteiger partial charge in [0.25, 0.3) is 5.56 Å². The Morgan fingerprint density at radius 3 is 2.87 bits per heavy atom. The Kier molecular flexibility index (Phi) is 2.51. The minimum absolute atomic E-state index is 0.255. The molecule has 5 heteroatoms. The van der Waals surface area contributed by atoms with Crippen molar-refractivity contribution < 1.29 is 0 Å². The lowest BCUT2D eigenvalue weighted by molar-refractivity contribution is 0.991. The maximum absolute atomic E-state index is 11.5. The standard InChI is InChI=1S/C10H8ClN3O/c1-6-2-3-7(5-12-6)8-4-9(11)13-14-10(8)15/h2-5H,1H3,(H,14,15). The number of nitrogens with one attached hydrogen (secondary N) is 1. The fraction of sp³-hybridized carbons (Fsp3) is 0.100. The molecule has 15 heavy (non-hydrogen) atoms. The Morgan fingerprint density at radius 1 is 1.40 bits per heavy atom. The van der Waals surface area contributed by atoms with Crippen molar-refractivity contribution in [3.63, 3.8) is 0 Å². The van der Waals surface area contributed by atoms with Gasteiger partial charge >= 0.3 is 0 Å². The summed E-state index contributed by atoms with van der Waals surface area (Å²) in [5, 5.41) is 6.16. The Hall–Kier alpha value is -1.68. The van der Waals surface area contributed by atoms with Crippen molar-refractivity contribution in [3.05, 3.63) is 45.6 Å². The molecular weight excluding hydrogens is 214 g/mol. The van der Waals surface area contributed by atoms with E-state index in [0.717, 1.165) is 11.3 Å². The first-order valence-electron chi connectivity index (χ1n) is 4.35. The predicted octanol–water partition coefficient (Wildman–Crippen LogP) is 1.79. The molecule has 1 N–H and O–H groups in total. The molecular formula is C10H8ClN3O. The fourth-order valence-corrected chi connectivity index (χ4v) is 1.37. The molecule has 0 atom stereocenters. The molecule has 0 amide bonds. The summed E-state index contributed by atoms with van der Waals surface area (Å²) < 4.78 is 0. The van der Waals surface area contributed by atoms with Crippen LogP contribution in [-0.4, -0.2) is 15.2 Å². The third-order valence-corrected chi connectivity index (χ3v) is 2.19. The van der Waals surface area contributed by atoms with Crippen LogP contribution in [0.15, 0.2) is 29.2 Å². The Bertz CT molecular complexity index is 533. The lowest BCUT2D eigenvalue weighted by atomic mass is 10.1. The Morgan fingerprint density at radius 2 is 2.20 bits per heavy atom. The van der Waals surface area contributed by atoms with Crippen LogP contribution in [0.25, 0.3) is 11.1 Å². The van der Waals surface area contributed by atoms with Crippen LogP contribution in [0, 0.1) is 6.92 Å². The predicted molar refractivity (Wildman–Crippen MR) is 57.8 cm³/mol. The van der Waals surface area contributed by atoms with Crippen molar-refractivity contribution in [2.24, 2.45) is 0 Å². The van der Waals surface area contributed by atoms with E-state index >= 15 is 0 Å². The van der Waals surface area contributed by atoms with Crippen molar-refractivity contribution >= 4 is 11.6 Å². The summed E-state index contributed by atoms with van der Waals surface area (Å²) in [7, 11) is 0. The number of hydrogen-bond acceptors (Lipinski definition) is 3.